The first-order chi connectivity index (χ1) is 18.1. The number of halogens is 6. The number of nitrogens with zero attached hydrogens (tertiary/aromatic N) is 1. The van der Waals surface area contributed by atoms with Gasteiger partial charge in [0.25, 0.3) is 5.91 Å². The second-order valence-corrected chi connectivity index (χ2v) is 10.4. The zero-order chi connectivity index (χ0) is 27.4. The molecule has 1 aromatic heterocycles. The molecule has 38 heavy (non-hydrogen) atoms. The van der Waals surface area contributed by atoms with Crippen molar-refractivity contribution in [2.45, 2.75) is 37.5 Å². The van der Waals surface area contributed by atoms with Crippen LogP contribution in [0.1, 0.15) is 39.7 Å². The molecular formula is C28H24ClF5N2OS. The van der Waals surface area contributed by atoms with Crippen LogP contribution in [0.25, 0.3) is 10.9 Å². The van der Waals surface area contributed by atoms with E-state index in [2.05, 4.69) is 12.2 Å². The summed E-state index contributed by atoms with van der Waals surface area (Å²) in [6.07, 6.45) is -4.82. The molecule has 0 aliphatic rings. The molecule has 1 heterocycles. The summed E-state index contributed by atoms with van der Waals surface area (Å²) in [5.74, 6) is -0.499. The molecule has 0 aliphatic heterocycles. The molecular weight excluding hydrogens is 543 g/mol. The molecule has 0 fully saturated rings. The summed E-state index contributed by atoms with van der Waals surface area (Å²) in [6, 6.07) is 15.1. The van der Waals surface area contributed by atoms with Gasteiger partial charge in [-0.1, -0.05) is 36.7 Å². The number of alkyl halides is 4. The molecule has 3 nitrogen and oxygen atoms in total. The Labute approximate surface area is 226 Å². The maximum atomic E-state index is 15.0. The number of hydrogen-bond donors (Lipinski definition) is 1. The number of aryl methyl sites for hydroxylation is 1. The summed E-state index contributed by atoms with van der Waals surface area (Å²) in [7, 11) is 0. The van der Waals surface area contributed by atoms with E-state index in [9.17, 15) is 22.4 Å². The van der Waals surface area contributed by atoms with Crippen LogP contribution in [0, 0.1) is 5.82 Å². The van der Waals surface area contributed by atoms with Crippen molar-refractivity contribution >= 4 is 40.2 Å². The Morgan fingerprint density at radius 3 is 2.45 bits per heavy atom. The highest BCUT2D eigenvalue weighted by Gasteiger charge is 2.33. The van der Waals surface area contributed by atoms with Crippen LogP contribution in [0.2, 0.25) is 5.02 Å². The smallest absolute Gasteiger partial charge is 0.348 e. The minimum Gasteiger partial charge on any atom is -0.348 e. The normalized spacial score (nSPS) is 11.8. The van der Waals surface area contributed by atoms with Crippen molar-refractivity contribution in [1.82, 2.24) is 9.88 Å². The lowest BCUT2D eigenvalue weighted by Crippen LogP contribution is -2.23. The van der Waals surface area contributed by atoms with Crippen LogP contribution in [0.5, 0.6) is 0 Å². The predicted octanol–water partition coefficient (Wildman–Crippen LogP) is 8.05. The van der Waals surface area contributed by atoms with E-state index >= 15 is 4.39 Å². The maximum absolute atomic E-state index is 15.0. The number of carbonyl (C=O) groups excluding carboxylic acids is 1. The fourth-order valence-electron chi connectivity index (χ4n) is 4.32. The third-order valence-electron chi connectivity index (χ3n) is 6.07. The molecule has 1 amide bonds. The van der Waals surface area contributed by atoms with Gasteiger partial charge in [0.1, 0.15) is 12.5 Å². The first-order valence-corrected chi connectivity index (χ1v) is 13.2. The number of thioether (sulfide) groups is 1. The molecule has 4 aromatic rings. The van der Waals surface area contributed by atoms with Gasteiger partial charge in [0.15, 0.2) is 0 Å². The van der Waals surface area contributed by atoms with E-state index < -0.39 is 30.1 Å². The number of benzene rings is 3. The molecule has 0 radical (unpaired) electrons. The van der Waals surface area contributed by atoms with Crippen LogP contribution in [0.4, 0.5) is 22.0 Å². The zero-order valence-electron chi connectivity index (χ0n) is 20.3. The van der Waals surface area contributed by atoms with Gasteiger partial charge in [0.05, 0.1) is 23.2 Å². The van der Waals surface area contributed by atoms with Gasteiger partial charge in [-0.3, -0.25) is 4.79 Å². The Balaban J connectivity index is 1.62. The Morgan fingerprint density at radius 2 is 1.79 bits per heavy atom. The van der Waals surface area contributed by atoms with Crippen molar-refractivity contribution in [2.75, 3.05) is 12.4 Å². The van der Waals surface area contributed by atoms with E-state index in [0.717, 1.165) is 28.3 Å². The van der Waals surface area contributed by atoms with Crippen LogP contribution in [-0.4, -0.2) is 22.9 Å². The summed E-state index contributed by atoms with van der Waals surface area (Å²) >= 11 is 7.48. The third-order valence-corrected chi connectivity index (χ3v) is 7.19. The second-order valence-electron chi connectivity index (χ2n) is 8.60. The van der Waals surface area contributed by atoms with Gasteiger partial charge in [0, 0.05) is 34.0 Å². The van der Waals surface area contributed by atoms with Crippen LogP contribution in [-0.2, 0) is 25.7 Å². The highest BCUT2D eigenvalue weighted by molar-refractivity contribution is 7.99. The second kappa shape index (κ2) is 11.8. The van der Waals surface area contributed by atoms with Crippen molar-refractivity contribution in [1.29, 1.82) is 0 Å². The molecule has 4 rings (SSSR count). The molecule has 10 heteroatoms. The number of nitrogens with one attached hydrogen (secondary N) is 1. The van der Waals surface area contributed by atoms with E-state index in [1.807, 2.05) is 24.3 Å². The summed E-state index contributed by atoms with van der Waals surface area (Å²) in [4.78, 5) is 13.9. The lowest BCUT2D eigenvalue weighted by atomic mass is 10.0. The first kappa shape index (κ1) is 28.0. The highest BCUT2D eigenvalue weighted by Crippen LogP contribution is 2.35. The predicted molar refractivity (Wildman–Crippen MR) is 141 cm³/mol. The van der Waals surface area contributed by atoms with Crippen molar-refractivity contribution in [3.8, 4) is 0 Å². The van der Waals surface area contributed by atoms with Gasteiger partial charge < -0.3 is 9.88 Å². The molecule has 0 saturated heterocycles. The Bertz CT molecular complexity index is 1450. The molecule has 0 atom stereocenters. The van der Waals surface area contributed by atoms with Crippen molar-refractivity contribution in [3.05, 3.63) is 99.5 Å². The average molecular weight is 567 g/mol. The summed E-state index contributed by atoms with van der Waals surface area (Å²) in [5.41, 5.74) is 0.342. The number of aromatic nitrogens is 1. The van der Waals surface area contributed by atoms with Crippen LogP contribution < -0.4 is 5.32 Å². The SMILES string of the molecule is CCSc1ccc(CNC(=O)c2cc3cc(Cc4ccc(Cl)cc4C(F)(F)F)n(CCF)c3cc2F)cc1. The van der Waals surface area contributed by atoms with Gasteiger partial charge in [-0.05, 0) is 59.3 Å². The monoisotopic (exact) mass is 566 g/mol. The topological polar surface area (TPSA) is 34.0 Å². The quantitative estimate of drug-likeness (QED) is 0.164. The maximum Gasteiger partial charge on any atom is 0.416 e. The first-order valence-electron chi connectivity index (χ1n) is 11.8. The number of carbonyl (C=O) groups is 1. The van der Waals surface area contributed by atoms with Gasteiger partial charge in [0.2, 0.25) is 0 Å². The van der Waals surface area contributed by atoms with Crippen molar-refractivity contribution < 1.29 is 26.7 Å². The molecule has 0 saturated carbocycles. The van der Waals surface area contributed by atoms with Gasteiger partial charge >= 0.3 is 6.18 Å². The summed E-state index contributed by atoms with van der Waals surface area (Å²) in [5, 5.41) is 3.06. The van der Waals surface area contributed by atoms with Gasteiger partial charge in [-0.25, -0.2) is 8.78 Å². The molecule has 3 aromatic carbocycles. The molecule has 0 bridgehead atoms. The Hall–Kier alpha value is -3.04. The van der Waals surface area contributed by atoms with E-state index in [1.165, 1.54) is 22.8 Å². The van der Waals surface area contributed by atoms with Crippen LogP contribution >= 0.6 is 23.4 Å². The fourth-order valence-corrected chi connectivity index (χ4v) is 5.15. The minimum absolute atomic E-state index is 0.0494. The van der Waals surface area contributed by atoms with E-state index in [-0.39, 0.29) is 35.7 Å². The third kappa shape index (κ3) is 6.32. The minimum atomic E-state index is -4.64. The number of amides is 1. The van der Waals surface area contributed by atoms with E-state index in [1.54, 1.807) is 17.8 Å². The molecule has 0 unspecified atom stereocenters. The Kier molecular flexibility index (Phi) is 8.67. The molecule has 200 valence electrons. The van der Waals surface area contributed by atoms with Gasteiger partial charge in [-0.2, -0.15) is 13.2 Å². The molecule has 0 aliphatic carbocycles. The summed E-state index contributed by atoms with van der Waals surface area (Å²) < 4.78 is 70.7. The van der Waals surface area contributed by atoms with Crippen molar-refractivity contribution in [3.63, 3.8) is 0 Å². The standard InChI is InChI=1S/C28H24ClF5N2OS/c1-2-38-22-7-3-17(4-8-22)16-35-27(37)23-13-19-12-21(36(10-9-30)26(19)15-25(23)31)11-18-5-6-20(29)14-24(18)28(32,33)34/h3-8,12-15H,2,9-11,16H2,1H3,(H,35,37). The number of rotatable bonds is 9. The molecule has 1 N–H and O–H groups in total. The lowest BCUT2D eigenvalue weighted by Gasteiger charge is -2.15. The number of hydrogen-bond acceptors (Lipinski definition) is 2. The lowest BCUT2D eigenvalue weighted by molar-refractivity contribution is -0.138. The fraction of sp³-hybridized carbons (Fsp3) is 0.250. The Morgan fingerprint density at radius 1 is 1.05 bits per heavy atom. The summed E-state index contributed by atoms with van der Waals surface area (Å²) in [6.45, 7) is 1.27. The van der Waals surface area contributed by atoms with E-state index in [4.69, 9.17) is 11.6 Å². The molecule has 0 spiro atoms. The van der Waals surface area contributed by atoms with Crippen LogP contribution in [0.15, 0.2) is 65.6 Å². The largest absolute Gasteiger partial charge is 0.416 e. The highest BCUT2D eigenvalue weighted by atomic mass is 35.5. The van der Waals surface area contributed by atoms with Crippen LogP contribution in [0.3, 0.4) is 0 Å². The zero-order valence-corrected chi connectivity index (χ0v) is 21.9. The van der Waals surface area contributed by atoms with E-state index in [0.29, 0.717) is 16.6 Å². The van der Waals surface area contributed by atoms with Crippen molar-refractivity contribution in [2.24, 2.45) is 0 Å². The van der Waals surface area contributed by atoms with Gasteiger partial charge in [-0.15, -0.1) is 11.8 Å². The average Bonchev–Trinajstić information content (AvgIpc) is 3.19. The number of fused-ring (bicyclic) bond motifs is 1.